The van der Waals surface area contributed by atoms with Gasteiger partial charge in [-0.25, -0.2) is 0 Å². The van der Waals surface area contributed by atoms with Crippen LogP contribution in [-0.2, 0) is 9.47 Å². The minimum absolute atomic E-state index is 0. The second-order valence-corrected chi connectivity index (χ2v) is 7.62. The minimum Gasteiger partial charge on any atom is -0.376 e. The van der Waals surface area contributed by atoms with Crippen molar-refractivity contribution in [3.8, 4) is 0 Å². The van der Waals surface area contributed by atoms with Crippen LogP contribution in [0.15, 0.2) is 4.99 Å². The molecule has 2 aliphatic rings. The van der Waals surface area contributed by atoms with E-state index in [1.807, 2.05) is 0 Å². The highest BCUT2D eigenvalue weighted by Gasteiger charge is 2.23. The monoisotopic (exact) mass is 510 g/mol. The summed E-state index contributed by atoms with van der Waals surface area (Å²) in [6.07, 6.45) is 7.62. The van der Waals surface area contributed by atoms with Crippen molar-refractivity contribution in [2.45, 2.75) is 71.5 Å². The zero-order valence-electron chi connectivity index (χ0n) is 18.3. The lowest BCUT2D eigenvalue weighted by Gasteiger charge is -2.35. The molecule has 1 N–H and O–H groups in total. The van der Waals surface area contributed by atoms with Crippen molar-refractivity contribution in [1.82, 2.24) is 15.1 Å². The number of rotatable bonds is 10. The summed E-state index contributed by atoms with van der Waals surface area (Å²) in [5.74, 6) is 1.08. The van der Waals surface area contributed by atoms with Crippen LogP contribution < -0.4 is 5.32 Å². The van der Waals surface area contributed by atoms with Crippen LogP contribution in [0.3, 0.4) is 0 Å². The van der Waals surface area contributed by atoms with Gasteiger partial charge >= 0.3 is 0 Å². The number of ether oxygens (including phenoxy) is 2. The van der Waals surface area contributed by atoms with E-state index in [0.29, 0.717) is 12.2 Å². The van der Waals surface area contributed by atoms with E-state index in [4.69, 9.17) is 14.5 Å². The fourth-order valence-electron chi connectivity index (χ4n) is 3.86. The third-order valence-corrected chi connectivity index (χ3v) is 5.66. The molecule has 28 heavy (non-hydrogen) atoms. The molecule has 0 aromatic carbocycles. The Hall–Kier alpha value is -0.120. The first-order chi connectivity index (χ1) is 13.3. The Morgan fingerprint density at radius 2 is 1.89 bits per heavy atom. The van der Waals surface area contributed by atoms with E-state index in [2.05, 4.69) is 35.9 Å². The number of hydrogen-bond donors (Lipinski definition) is 1. The molecule has 0 aliphatic carbocycles. The molecule has 2 fully saturated rings. The number of guanidine groups is 1. The molecule has 0 spiro atoms. The maximum absolute atomic E-state index is 6.14. The van der Waals surface area contributed by atoms with Crippen molar-refractivity contribution in [3.05, 3.63) is 0 Å². The molecule has 0 radical (unpaired) electrons. The summed E-state index contributed by atoms with van der Waals surface area (Å²) in [5.41, 5.74) is 0. The van der Waals surface area contributed by atoms with Crippen molar-refractivity contribution in [1.29, 1.82) is 0 Å². The van der Waals surface area contributed by atoms with Crippen molar-refractivity contribution in [3.63, 3.8) is 0 Å². The van der Waals surface area contributed by atoms with Gasteiger partial charge in [-0.1, -0.05) is 13.8 Å². The molecule has 2 saturated heterocycles. The van der Waals surface area contributed by atoms with E-state index in [1.54, 1.807) is 0 Å². The third kappa shape index (κ3) is 9.59. The van der Waals surface area contributed by atoms with Crippen LogP contribution in [0.4, 0.5) is 0 Å². The second-order valence-electron chi connectivity index (χ2n) is 7.62. The van der Waals surface area contributed by atoms with E-state index in [-0.39, 0.29) is 24.0 Å². The molecule has 0 aromatic rings. The Bertz CT molecular complexity index is 407. The summed E-state index contributed by atoms with van der Waals surface area (Å²) in [7, 11) is 0. The van der Waals surface area contributed by atoms with Gasteiger partial charge in [0.2, 0.25) is 0 Å². The zero-order valence-corrected chi connectivity index (χ0v) is 20.7. The van der Waals surface area contributed by atoms with Crippen LogP contribution in [0.2, 0.25) is 0 Å². The number of hydrogen-bond acceptors (Lipinski definition) is 4. The molecule has 2 heterocycles. The predicted molar refractivity (Wildman–Crippen MR) is 128 cm³/mol. The quantitative estimate of drug-likeness (QED) is 0.212. The minimum atomic E-state index is 0. The first-order valence-corrected chi connectivity index (χ1v) is 11.3. The van der Waals surface area contributed by atoms with Crippen molar-refractivity contribution in [2.75, 3.05) is 59.0 Å². The van der Waals surface area contributed by atoms with Gasteiger partial charge in [0, 0.05) is 32.8 Å². The van der Waals surface area contributed by atoms with Crippen molar-refractivity contribution < 1.29 is 9.47 Å². The summed E-state index contributed by atoms with van der Waals surface area (Å²) < 4.78 is 11.9. The maximum atomic E-state index is 6.14. The normalized spacial score (nSPS) is 21.6. The molecule has 2 rings (SSSR count). The smallest absolute Gasteiger partial charge is 0.193 e. The largest absolute Gasteiger partial charge is 0.376 e. The van der Waals surface area contributed by atoms with Crippen LogP contribution in [0.5, 0.6) is 0 Å². The summed E-state index contributed by atoms with van der Waals surface area (Å²) in [6, 6.07) is 0. The molecule has 7 heteroatoms. The summed E-state index contributed by atoms with van der Waals surface area (Å²) in [6.45, 7) is 15.5. The third-order valence-electron chi connectivity index (χ3n) is 5.66. The van der Waals surface area contributed by atoms with E-state index in [1.165, 1.54) is 12.8 Å². The molecular weight excluding hydrogens is 467 g/mol. The maximum Gasteiger partial charge on any atom is 0.193 e. The van der Waals surface area contributed by atoms with Crippen LogP contribution in [0.1, 0.15) is 59.3 Å². The van der Waals surface area contributed by atoms with Gasteiger partial charge in [0.1, 0.15) is 0 Å². The molecule has 1 unspecified atom stereocenters. The number of aliphatic imine (C=N–C) groups is 1. The van der Waals surface area contributed by atoms with Crippen molar-refractivity contribution >= 4 is 29.9 Å². The lowest BCUT2D eigenvalue weighted by molar-refractivity contribution is -0.0721. The fourth-order valence-corrected chi connectivity index (χ4v) is 3.86. The first-order valence-electron chi connectivity index (χ1n) is 11.3. The fraction of sp³-hybridized carbons (Fsp3) is 0.952. The van der Waals surface area contributed by atoms with E-state index in [0.717, 1.165) is 90.7 Å². The molecule has 6 nitrogen and oxygen atoms in total. The second kappa shape index (κ2) is 15.7. The van der Waals surface area contributed by atoms with Gasteiger partial charge in [0.15, 0.2) is 5.96 Å². The van der Waals surface area contributed by atoms with E-state index >= 15 is 0 Å². The summed E-state index contributed by atoms with van der Waals surface area (Å²) >= 11 is 0. The van der Waals surface area contributed by atoms with Gasteiger partial charge in [-0.15, -0.1) is 24.0 Å². The first kappa shape index (κ1) is 25.9. The molecule has 0 bridgehead atoms. The Labute approximate surface area is 189 Å². The van der Waals surface area contributed by atoms with E-state index < -0.39 is 0 Å². The number of nitrogens with one attached hydrogen (secondary N) is 1. The van der Waals surface area contributed by atoms with Gasteiger partial charge in [0.05, 0.1) is 18.8 Å². The average Bonchev–Trinajstić information content (AvgIpc) is 2.73. The average molecular weight is 511 g/mol. The van der Waals surface area contributed by atoms with Crippen LogP contribution in [-0.4, -0.2) is 87.0 Å². The molecule has 166 valence electrons. The van der Waals surface area contributed by atoms with Crippen LogP contribution in [0, 0.1) is 0 Å². The topological polar surface area (TPSA) is 49.3 Å². The highest BCUT2D eigenvalue weighted by molar-refractivity contribution is 14.0. The Morgan fingerprint density at radius 3 is 2.50 bits per heavy atom. The highest BCUT2D eigenvalue weighted by Crippen LogP contribution is 2.18. The standard InChI is InChI=1S/C21H42N4O2.HI/c1-4-22-21(23-13-9-14-24(5-2)6-3)25-15-11-19(12-16-25)27-18-20-10-7-8-17-26-20;/h19-20H,4-18H2,1-3H3,(H,22,23);1H. The molecular formula is C21H43IN4O2. The van der Waals surface area contributed by atoms with Gasteiger partial charge < -0.3 is 24.6 Å². The molecule has 0 amide bonds. The van der Waals surface area contributed by atoms with E-state index in [9.17, 15) is 0 Å². The molecule has 1 atom stereocenters. The number of halogens is 1. The van der Waals surface area contributed by atoms with Gasteiger partial charge in [-0.2, -0.15) is 0 Å². The van der Waals surface area contributed by atoms with Crippen LogP contribution >= 0.6 is 24.0 Å². The van der Waals surface area contributed by atoms with Crippen LogP contribution in [0.25, 0.3) is 0 Å². The molecule has 0 aromatic heterocycles. The molecule has 2 aliphatic heterocycles. The number of likely N-dealkylation sites (tertiary alicyclic amines) is 1. The summed E-state index contributed by atoms with van der Waals surface area (Å²) in [5, 5.41) is 3.47. The number of nitrogens with zero attached hydrogens (tertiary/aromatic N) is 3. The Kier molecular flexibility index (Phi) is 14.5. The molecule has 0 saturated carbocycles. The van der Waals surface area contributed by atoms with Gasteiger partial charge in [-0.05, 0) is 65.1 Å². The summed E-state index contributed by atoms with van der Waals surface area (Å²) in [4.78, 5) is 9.73. The van der Waals surface area contributed by atoms with Crippen molar-refractivity contribution in [2.24, 2.45) is 4.99 Å². The predicted octanol–water partition coefficient (Wildman–Crippen LogP) is 3.35. The van der Waals surface area contributed by atoms with Gasteiger partial charge in [0.25, 0.3) is 0 Å². The highest BCUT2D eigenvalue weighted by atomic mass is 127. The lowest BCUT2D eigenvalue weighted by atomic mass is 10.1. The Morgan fingerprint density at radius 1 is 1.14 bits per heavy atom. The van der Waals surface area contributed by atoms with Gasteiger partial charge in [-0.3, -0.25) is 4.99 Å². The zero-order chi connectivity index (χ0) is 19.3. The Balaban J connectivity index is 0.00000392. The SMILES string of the molecule is CCNC(=NCCCN(CC)CC)N1CCC(OCC2CCCCO2)CC1.I. The lowest BCUT2D eigenvalue weighted by Crippen LogP contribution is -2.47. The number of piperidine rings is 1.